The van der Waals surface area contributed by atoms with Crippen LogP contribution in [0.3, 0.4) is 0 Å². The van der Waals surface area contributed by atoms with Gasteiger partial charge in [0.15, 0.2) is 23.1 Å². The molecule has 3 aromatic carbocycles. The minimum absolute atomic E-state index is 0.0910. The number of hydrogen-bond acceptors (Lipinski definition) is 4. The Hall–Kier alpha value is -3.65. The average molecular weight is 475 g/mol. The molecule has 1 atom stereocenters. The van der Waals surface area contributed by atoms with Crippen LogP contribution in [0.5, 0.6) is 11.5 Å². The molecule has 6 nitrogen and oxygen atoms in total. The van der Waals surface area contributed by atoms with Crippen LogP contribution in [0.4, 0.5) is 8.78 Å². The number of ether oxygens (including phenoxy) is 2. The Kier molecular flexibility index (Phi) is 7.84. The normalized spacial score (nSPS) is 11.4. The topological polar surface area (TPSA) is 76.7 Å². The van der Waals surface area contributed by atoms with Gasteiger partial charge in [-0.1, -0.05) is 35.9 Å². The monoisotopic (exact) mass is 474 g/mol. The van der Waals surface area contributed by atoms with Crippen LogP contribution < -0.4 is 20.1 Å². The molecule has 3 aromatic rings. The first-order valence-corrected chi connectivity index (χ1v) is 10.2. The molecule has 3 rings (SSSR count). The first-order valence-electron chi connectivity index (χ1n) is 9.85. The Morgan fingerprint density at radius 3 is 2.42 bits per heavy atom. The summed E-state index contributed by atoms with van der Waals surface area (Å²) in [6, 6.07) is 13.5. The number of carbonyl (C=O) groups excluding carboxylic acids is 2. The van der Waals surface area contributed by atoms with Crippen molar-refractivity contribution < 1.29 is 27.8 Å². The van der Waals surface area contributed by atoms with Crippen LogP contribution in [0.2, 0.25) is 5.02 Å². The molecule has 2 N–H and O–H groups in total. The van der Waals surface area contributed by atoms with Crippen molar-refractivity contribution in [2.75, 3.05) is 14.2 Å². The summed E-state index contributed by atoms with van der Waals surface area (Å²) in [6.07, 6.45) is 0. The van der Waals surface area contributed by atoms with Crippen molar-refractivity contribution in [2.24, 2.45) is 0 Å². The van der Waals surface area contributed by atoms with Crippen LogP contribution in [-0.2, 0) is 11.4 Å². The summed E-state index contributed by atoms with van der Waals surface area (Å²) < 4.78 is 38.1. The summed E-state index contributed by atoms with van der Waals surface area (Å²) in [5, 5.41) is 5.49. The van der Waals surface area contributed by atoms with Gasteiger partial charge in [-0.25, -0.2) is 8.78 Å². The first-order chi connectivity index (χ1) is 15.8. The molecular formula is C24H21ClF2N2O4. The zero-order chi connectivity index (χ0) is 24.0. The van der Waals surface area contributed by atoms with Gasteiger partial charge in [0, 0.05) is 23.2 Å². The quantitative estimate of drug-likeness (QED) is 0.506. The van der Waals surface area contributed by atoms with Gasteiger partial charge in [0.1, 0.15) is 12.6 Å². The van der Waals surface area contributed by atoms with Gasteiger partial charge in [-0.15, -0.1) is 0 Å². The van der Waals surface area contributed by atoms with Crippen molar-refractivity contribution in [1.29, 1.82) is 0 Å². The number of methoxy groups -OCH3 is 1. The third-order valence-corrected chi connectivity index (χ3v) is 5.20. The van der Waals surface area contributed by atoms with E-state index in [4.69, 9.17) is 21.1 Å². The van der Waals surface area contributed by atoms with E-state index in [1.165, 1.54) is 32.4 Å². The van der Waals surface area contributed by atoms with Gasteiger partial charge in [-0.2, -0.15) is 0 Å². The fourth-order valence-electron chi connectivity index (χ4n) is 3.05. The number of carbonyl (C=O) groups is 2. The molecule has 0 aliphatic carbocycles. The van der Waals surface area contributed by atoms with Gasteiger partial charge < -0.3 is 20.1 Å². The molecule has 172 valence electrons. The van der Waals surface area contributed by atoms with E-state index in [-0.39, 0.29) is 17.7 Å². The number of amides is 2. The number of likely N-dealkylation sites (N-methyl/N-ethyl adjacent to an activating group) is 1. The summed E-state index contributed by atoms with van der Waals surface area (Å²) in [6.45, 7) is 0.191. The fourth-order valence-corrected chi connectivity index (χ4v) is 3.24. The Balaban J connectivity index is 1.79. The third kappa shape index (κ3) is 5.78. The van der Waals surface area contributed by atoms with Crippen molar-refractivity contribution in [3.8, 4) is 11.5 Å². The lowest BCUT2D eigenvalue weighted by atomic mass is 10.0. The molecule has 0 heterocycles. The number of rotatable bonds is 8. The fraction of sp³-hybridized carbons (Fsp3) is 0.167. The van der Waals surface area contributed by atoms with E-state index in [1.807, 2.05) is 18.2 Å². The number of halogens is 3. The number of nitrogens with one attached hydrogen (secondary N) is 2. The summed E-state index contributed by atoms with van der Waals surface area (Å²) in [5.41, 5.74) is 1.05. The molecule has 33 heavy (non-hydrogen) atoms. The molecule has 0 bridgehead atoms. The SMILES string of the molecule is CNC(=O)C(NC(=O)c1ccc(OCc2ccccc2Cl)c(OC)c1)c1ccc(F)c(F)c1. The molecule has 1 unspecified atom stereocenters. The summed E-state index contributed by atoms with van der Waals surface area (Å²) >= 11 is 6.14. The second-order valence-corrected chi connectivity index (χ2v) is 7.35. The van der Waals surface area contributed by atoms with Crippen molar-refractivity contribution in [2.45, 2.75) is 12.6 Å². The molecule has 0 saturated carbocycles. The second-order valence-electron chi connectivity index (χ2n) is 6.94. The lowest BCUT2D eigenvalue weighted by molar-refractivity contribution is -0.122. The molecule has 0 fully saturated rings. The van der Waals surface area contributed by atoms with Gasteiger partial charge in [-0.05, 0) is 42.0 Å². The first kappa shape index (κ1) is 24.0. The standard InChI is InChI=1S/C24H21ClF2N2O4/c1-28-24(31)22(14-7-9-18(26)19(27)11-14)29-23(30)15-8-10-20(21(12-15)32-2)33-13-16-5-3-4-6-17(16)25/h3-12,22H,13H2,1-2H3,(H,28,31)(H,29,30). The van der Waals surface area contributed by atoms with Gasteiger partial charge in [-0.3, -0.25) is 9.59 Å². The van der Waals surface area contributed by atoms with E-state index >= 15 is 0 Å². The highest BCUT2D eigenvalue weighted by Crippen LogP contribution is 2.30. The predicted octanol–water partition coefficient (Wildman–Crippen LogP) is 4.42. The van der Waals surface area contributed by atoms with Gasteiger partial charge >= 0.3 is 0 Å². The molecule has 0 aliphatic rings. The Labute approximate surface area is 194 Å². The maximum Gasteiger partial charge on any atom is 0.252 e. The highest BCUT2D eigenvalue weighted by atomic mass is 35.5. The molecule has 0 aliphatic heterocycles. The number of benzene rings is 3. The van der Waals surface area contributed by atoms with Crippen LogP contribution in [0, 0.1) is 11.6 Å². The van der Waals surface area contributed by atoms with E-state index in [1.54, 1.807) is 12.1 Å². The molecule has 2 amide bonds. The second kappa shape index (κ2) is 10.8. The zero-order valence-electron chi connectivity index (χ0n) is 17.8. The van der Waals surface area contributed by atoms with Crippen molar-refractivity contribution in [3.05, 3.63) is 94.0 Å². The van der Waals surface area contributed by atoms with Crippen LogP contribution >= 0.6 is 11.6 Å². The van der Waals surface area contributed by atoms with Gasteiger partial charge in [0.25, 0.3) is 5.91 Å². The van der Waals surface area contributed by atoms with Gasteiger partial charge in [0.05, 0.1) is 7.11 Å². The Bertz CT molecular complexity index is 1170. The minimum Gasteiger partial charge on any atom is -0.493 e. The molecule has 0 saturated heterocycles. The van der Waals surface area contributed by atoms with Crippen LogP contribution in [0.15, 0.2) is 60.7 Å². The molecular weight excluding hydrogens is 454 g/mol. The summed E-state index contributed by atoms with van der Waals surface area (Å²) in [4.78, 5) is 25.1. The smallest absolute Gasteiger partial charge is 0.252 e. The maximum absolute atomic E-state index is 13.7. The predicted molar refractivity (Wildman–Crippen MR) is 119 cm³/mol. The minimum atomic E-state index is -1.24. The largest absolute Gasteiger partial charge is 0.493 e. The Morgan fingerprint density at radius 2 is 1.76 bits per heavy atom. The van der Waals surface area contributed by atoms with Gasteiger partial charge in [0.2, 0.25) is 5.91 Å². The lowest BCUT2D eigenvalue weighted by Crippen LogP contribution is -2.39. The molecule has 0 aromatic heterocycles. The average Bonchev–Trinajstić information content (AvgIpc) is 2.83. The van der Waals surface area contributed by atoms with Crippen LogP contribution in [0.25, 0.3) is 0 Å². The summed E-state index contributed by atoms with van der Waals surface area (Å²) in [5.74, 6) is -2.73. The van der Waals surface area contributed by atoms with E-state index < -0.39 is 29.5 Å². The molecule has 0 radical (unpaired) electrons. The maximum atomic E-state index is 13.7. The highest BCUT2D eigenvalue weighted by molar-refractivity contribution is 6.31. The van der Waals surface area contributed by atoms with E-state index in [0.717, 1.165) is 17.7 Å². The van der Waals surface area contributed by atoms with Crippen LogP contribution in [-0.4, -0.2) is 26.0 Å². The highest BCUT2D eigenvalue weighted by Gasteiger charge is 2.24. The van der Waals surface area contributed by atoms with Crippen molar-refractivity contribution in [3.63, 3.8) is 0 Å². The third-order valence-electron chi connectivity index (χ3n) is 4.83. The van der Waals surface area contributed by atoms with Crippen molar-refractivity contribution >= 4 is 23.4 Å². The summed E-state index contributed by atoms with van der Waals surface area (Å²) in [7, 11) is 2.80. The van der Waals surface area contributed by atoms with Crippen molar-refractivity contribution in [1.82, 2.24) is 10.6 Å². The zero-order valence-corrected chi connectivity index (χ0v) is 18.6. The Morgan fingerprint density at radius 1 is 1.00 bits per heavy atom. The molecule has 9 heteroatoms. The van der Waals surface area contributed by atoms with Crippen LogP contribution in [0.1, 0.15) is 27.5 Å². The lowest BCUT2D eigenvalue weighted by Gasteiger charge is -2.19. The van der Waals surface area contributed by atoms with E-state index in [9.17, 15) is 18.4 Å². The number of hydrogen-bond donors (Lipinski definition) is 2. The van der Waals surface area contributed by atoms with E-state index in [0.29, 0.717) is 16.5 Å². The molecule has 0 spiro atoms. The van der Waals surface area contributed by atoms with E-state index in [2.05, 4.69) is 10.6 Å².